The third-order valence-electron chi connectivity index (χ3n) is 0.0714. The minimum Gasteiger partial charge on any atom is -0.224 e. The molecule has 0 N–H and O–H groups in total. The Balaban J connectivity index is 3.17. The van der Waals surface area contributed by atoms with E-state index in [0.717, 1.165) is 0 Å². The van der Waals surface area contributed by atoms with E-state index in [1.54, 1.807) is 0 Å². The van der Waals surface area contributed by atoms with E-state index in [4.69, 9.17) is 12.6 Å². The van der Waals surface area contributed by atoms with Gasteiger partial charge in [-0.3, -0.25) is 0 Å². The molecule has 0 aliphatic rings. The summed E-state index contributed by atoms with van der Waals surface area (Å²) in [5, 5.41) is 0. The largest absolute Gasteiger partial charge is 0.324 e. The summed E-state index contributed by atoms with van der Waals surface area (Å²) in [4.78, 5) is 0. The lowest BCUT2D eigenvalue weighted by Gasteiger charge is -1.97. The van der Waals surface area contributed by atoms with E-state index in [1.165, 1.54) is 0 Å². The highest BCUT2D eigenvalue weighted by atomic mass is 80.0. The Morgan fingerprint density at radius 3 is 1.50 bits per heavy atom. The molecule has 38 valence electrons. The van der Waals surface area contributed by atoms with Crippen molar-refractivity contribution in [3.8, 4) is 0 Å². The molecule has 0 radical (unpaired) electrons. The van der Waals surface area contributed by atoms with Gasteiger partial charge in [-0.05, 0) is 0 Å². The zero-order chi connectivity index (χ0) is 5.21. The molecule has 4 nitrogen and oxygen atoms in total. The summed E-state index contributed by atoms with van der Waals surface area (Å²) in [7, 11) is 0. The Hall–Kier alpha value is 0.250. The van der Waals surface area contributed by atoms with Crippen LogP contribution in [0.4, 0.5) is 4.53 Å². The molecule has 0 saturated heterocycles. The fourth-order valence-corrected chi connectivity index (χ4v) is 0. The molecule has 0 aliphatic carbocycles. The van der Waals surface area contributed by atoms with Crippen molar-refractivity contribution in [3.05, 3.63) is 0 Å². The minimum atomic E-state index is -5.56. The molecule has 6 heteroatoms. The normalized spacial score (nSPS) is 12.0. The van der Waals surface area contributed by atoms with Crippen LogP contribution in [0.5, 0.6) is 0 Å². The molecule has 0 atom stereocenters. The van der Waals surface area contributed by atoms with Gasteiger partial charge in [0.1, 0.15) is 0 Å². The molecule has 0 aromatic carbocycles. The van der Waals surface area contributed by atoms with Crippen LogP contribution in [-0.4, -0.2) is 0 Å². The fraction of sp³-hybridized carbons (Fsp3) is 0. The summed E-state index contributed by atoms with van der Waals surface area (Å²) in [5.74, 6) is 0. The van der Waals surface area contributed by atoms with Crippen molar-refractivity contribution in [1.82, 2.24) is 0 Å². The quantitative estimate of drug-likeness (QED) is 0.407. The lowest BCUT2D eigenvalue weighted by atomic mass is 15.7. The standard InChI is InChI=1S/BrFO4/c2-6-1(3,4)5. The number of hydrogen-bond donors (Lipinski definition) is 0. The van der Waals surface area contributed by atoms with E-state index in [1.807, 2.05) is 4.03 Å². The van der Waals surface area contributed by atoms with Gasteiger partial charge >= 0.3 is 14.1 Å². The van der Waals surface area contributed by atoms with E-state index in [-0.39, 0.29) is 0 Å². The summed E-state index contributed by atoms with van der Waals surface area (Å²) < 4.78 is 38.8. The van der Waals surface area contributed by atoms with Gasteiger partial charge in [0, 0.05) is 0 Å². The van der Waals surface area contributed by atoms with E-state index in [9.17, 15) is 4.53 Å². The zero-order valence-corrected chi connectivity index (χ0v) is 3.97. The molecule has 0 fully saturated rings. The first-order chi connectivity index (χ1) is 2.56. The van der Waals surface area contributed by atoms with Gasteiger partial charge in [0.05, 0.1) is 4.53 Å². The lowest BCUT2D eigenvalue weighted by molar-refractivity contribution is -1.93. The van der Waals surface area contributed by atoms with Crippen molar-refractivity contribution in [2.75, 3.05) is 0 Å². The highest BCUT2D eigenvalue weighted by Crippen LogP contribution is 1.83. The van der Waals surface area contributed by atoms with E-state index in [2.05, 4.69) is 0 Å². The zero-order valence-electron chi connectivity index (χ0n) is 2.39. The van der Waals surface area contributed by atoms with Gasteiger partial charge in [0.25, 0.3) is 4.03 Å². The Morgan fingerprint density at radius 2 is 1.50 bits per heavy atom. The summed E-state index contributed by atoms with van der Waals surface area (Å²) in [6.45, 7) is 0. The Kier molecular flexibility index (Phi) is 1.88. The fourth-order valence-electron chi connectivity index (χ4n) is 0. The van der Waals surface area contributed by atoms with Gasteiger partial charge in [-0.1, -0.05) is 0 Å². The van der Waals surface area contributed by atoms with Crippen LogP contribution in [0.2, 0.25) is 0 Å². The van der Waals surface area contributed by atoms with Crippen LogP contribution in [0, 0.1) is 14.1 Å². The van der Waals surface area contributed by atoms with Crippen molar-refractivity contribution in [2.45, 2.75) is 0 Å². The Labute approximate surface area is 36.2 Å². The van der Waals surface area contributed by atoms with Crippen LogP contribution in [0.25, 0.3) is 0 Å². The molecule has 0 aromatic rings. The van der Waals surface area contributed by atoms with Crippen molar-refractivity contribution in [2.24, 2.45) is 0 Å². The van der Waals surface area contributed by atoms with Crippen LogP contribution >= 0.6 is 0 Å². The van der Waals surface area contributed by atoms with Crippen LogP contribution in [0.3, 0.4) is 0 Å². The lowest BCUT2D eigenvalue weighted by Crippen LogP contribution is -2.59. The van der Waals surface area contributed by atoms with E-state index >= 15 is 0 Å². The average molecular weight is 163 g/mol. The summed E-state index contributed by atoms with van der Waals surface area (Å²) in [6.07, 6.45) is 0. The molecule has 0 bridgehead atoms. The van der Waals surface area contributed by atoms with E-state index < -0.39 is 14.1 Å². The van der Waals surface area contributed by atoms with E-state index in [0.29, 0.717) is 0 Å². The highest BCUT2D eigenvalue weighted by Gasteiger charge is 2.22. The minimum absolute atomic E-state index is 1.91. The molecule has 0 unspecified atom stereocenters. The molecule has 0 saturated carbocycles. The second kappa shape index (κ2) is 1.80. The SMILES string of the molecule is [O-][Br+3]([O-])([O-])OF. The van der Waals surface area contributed by atoms with Crippen LogP contribution in [0.15, 0.2) is 0 Å². The van der Waals surface area contributed by atoms with Gasteiger partial charge in [0.2, 0.25) is 0 Å². The molecular formula is BrFO4. The third kappa shape index (κ3) is 4.25. The third-order valence-corrected chi connectivity index (χ3v) is 0.371. The maximum absolute atomic E-state index is 10.1. The number of halogens is 2. The first-order valence-electron chi connectivity index (χ1n) is 0.772. The highest BCUT2D eigenvalue weighted by molar-refractivity contribution is 2.53. The van der Waals surface area contributed by atoms with Crippen LogP contribution < -0.4 is 12.6 Å². The van der Waals surface area contributed by atoms with Gasteiger partial charge < -0.3 is 0 Å². The van der Waals surface area contributed by atoms with Gasteiger partial charge in [-0.15, -0.1) is 0 Å². The first-order valence-corrected chi connectivity index (χ1v) is 3.36. The molecular weight excluding hydrogens is 163 g/mol. The van der Waals surface area contributed by atoms with Crippen molar-refractivity contribution >= 4 is 0 Å². The monoisotopic (exact) mass is 162 g/mol. The van der Waals surface area contributed by atoms with Crippen molar-refractivity contribution in [3.63, 3.8) is 0 Å². The topological polar surface area (TPSA) is 78.4 Å². The average Bonchev–Trinajstić information content (AvgIpc) is 1.35. The molecule has 0 rings (SSSR count). The van der Waals surface area contributed by atoms with Crippen molar-refractivity contribution in [1.29, 1.82) is 0 Å². The van der Waals surface area contributed by atoms with Crippen LogP contribution in [0.1, 0.15) is 0 Å². The number of hydrogen-bond acceptors (Lipinski definition) is 4. The molecule has 0 aromatic heterocycles. The van der Waals surface area contributed by atoms with Crippen LogP contribution in [-0.2, 0) is 4.03 Å². The maximum Gasteiger partial charge on any atom is 0.324 e. The van der Waals surface area contributed by atoms with Crippen molar-refractivity contribution < 1.29 is 35.2 Å². The Morgan fingerprint density at radius 1 is 1.33 bits per heavy atom. The molecule has 0 amide bonds. The summed E-state index contributed by atoms with van der Waals surface area (Å²) >= 11 is -5.56. The smallest absolute Gasteiger partial charge is 0.224 e. The maximum atomic E-state index is 10.1. The van der Waals surface area contributed by atoms with Gasteiger partial charge in [-0.2, -0.15) is 0 Å². The predicted octanol–water partition coefficient (Wildman–Crippen LogP) is -3.22. The summed E-state index contributed by atoms with van der Waals surface area (Å²) in [6, 6.07) is 0. The first kappa shape index (κ1) is 6.25. The predicted molar refractivity (Wildman–Crippen MR) is 2.19 cm³/mol. The summed E-state index contributed by atoms with van der Waals surface area (Å²) in [5.41, 5.74) is 0. The Bertz CT molecular complexity index is 37.3. The number of rotatable bonds is 1. The molecule has 6 heavy (non-hydrogen) atoms. The van der Waals surface area contributed by atoms with Gasteiger partial charge in [-0.25, -0.2) is 12.6 Å². The molecule has 0 heterocycles. The second-order valence-electron chi connectivity index (χ2n) is 0.436. The van der Waals surface area contributed by atoms with Gasteiger partial charge in [0.15, 0.2) is 0 Å². The molecule has 0 aliphatic heterocycles. The second-order valence-corrected chi connectivity index (χ2v) is 2.27. The molecule has 0 spiro atoms.